The second-order valence-electron chi connectivity index (χ2n) is 4.20. The maximum atomic E-state index is 11.3. The zero-order valence-electron chi connectivity index (χ0n) is 9.46. The average molecular weight is 214 g/mol. The van der Waals surface area contributed by atoms with E-state index in [0.717, 1.165) is 25.8 Å². The molecular formula is C11H22N2O2. The van der Waals surface area contributed by atoms with Crippen LogP contribution in [0.2, 0.25) is 0 Å². The third-order valence-corrected chi connectivity index (χ3v) is 2.97. The van der Waals surface area contributed by atoms with Crippen LogP contribution < -0.4 is 10.6 Å². The molecule has 88 valence electrons. The van der Waals surface area contributed by atoms with Crippen LogP contribution in [-0.2, 0) is 4.79 Å². The standard InChI is InChI=1S/C11H22N2O2/c1-2-12-8-11(15)13-7-9-5-3-4-6-10(9)14/h9-10,12,14H,2-8H2,1H3,(H,13,15). The number of carbonyl (C=O) groups excluding carboxylic acids is 1. The summed E-state index contributed by atoms with van der Waals surface area (Å²) >= 11 is 0. The van der Waals surface area contributed by atoms with Gasteiger partial charge in [-0.15, -0.1) is 0 Å². The van der Waals surface area contributed by atoms with Crippen molar-refractivity contribution in [3.8, 4) is 0 Å². The van der Waals surface area contributed by atoms with E-state index in [1.807, 2.05) is 6.92 Å². The van der Waals surface area contributed by atoms with E-state index in [2.05, 4.69) is 10.6 Å². The van der Waals surface area contributed by atoms with Crippen LogP contribution in [0.15, 0.2) is 0 Å². The maximum Gasteiger partial charge on any atom is 0.233 e. The molecule has 1 saturated carbocycles. The van der Waals surface area contributed by atoms with Crippen LogP contribution in [0.1, 0.15) is 32.6 Å². The van der Waals surface area contributed by atoms with Gasteiger partial charge in [0.15, 0.2) is 0 Å². The smallest absolute Gasteiger partial charge is 0.233 e. The fourth-order valence-electron chi connectivity index (χ4n) is 1.97. The molecule has 1 rings (SSSR count). The predicted octanol–water partition coefficient (Wildman–Crippen LogP) is 0.263. The molecule has 4 nitrogen and oxygen atoms in total. The minimum absolute atomic E-state index is 0.0228. The van der Waals surface area contributed by atoms with E-state index in [4.69, 9.17) is 0 Å². The molecule has 0 radical (unpaired) electrons. The number of aliphatic hydroxyl groups is 1. The van der Waals surface area contributed by atoms with E-state index in [1.165, 1.54) is 6.42 Å². The summed E-state index contributed by atoms with van der Waals surface area (Å²) in [6, 6.07) is 0. The fourth-order valence-corrected chi connectivity index (χ4v) is 1.97. The number of hydrogen-bond donors (Lipinski definition) is 3. The van der Waals surface area contributed by atoms with Crippen LogP contribution in [0, 0.1) is 5.92 Å². The Kier molecular flexibility index (Phi) is 5.65. The molecule has 1 aliphatic carbocycles. The fraction of sp³-hybridized carbons (Fsp3) is 0.909. The normalized spacial score (nSPS) is 26.3. The molecule has 0 aliphatic heterocycles. The minimum atomic E-state index is -0.224. The molecular weight excluding hydrogens is 192 g/mol. The van der Waals surface area contributed by atoms with Crippen LogP contribution in [-0.4, -0.2) is 36.8 Å². The number of rotatable bonds is 5. The van der Waals surface area contributed by atoms with Gasteiger partial charge in [0, 0.05) is 12.5 Å². The van der Waals surface area contributed by atoms with E-state index in [0.29, 0.717) is 13.1 Å². The third kappa shape index (κ3) is 4.62. The Hall–Kier alpha value is -0.610. The van der Waals surface area contributed by atoms with Crippen molar-refractivity contribution in [3.05, 3.63) is 0 Å². The highest BCUT2D eigenvalue weighted by Gasteiger charge is 2.22. The van der Waals surface area contributed by atoms with Crippen molar-refractivity contribution in [1.29, 1.82) is 0 Å². The van der Waals surface area contributed by atoms with Crippen molar-refractivity contribution < 1.29 is 9.90 Å². The van der Waals surface area contributed by atoms with Crippen LogP contribution in [0.3, 0.4) is 0 Å². The highest BCUT2D eigenvalue weighted by atomic mass is 16.3. The average Bonchev–Trinajstić information content (AvgIpc) is 2.25. The molecule has 0 aromatic carbocycles. The van der Waals surface area contributed by atoms with E-state index in [9.17, 15) is 9.90 Å². The van der Waals surface area contributed by atoms with Crippen molar-refractivity contribution in [3.63, 3.8) is 0 Å². The van der Waals surface area contributed by atoms with Gasteiger partial charge in [-0.05, 0) is 19.4 Å². The molecule has 1 aliphatic rings. The molecule has 3 N–H and O–H groups in total. The zero-order chi connectivity index (χ0) is 11.1. The van der Waals surface area contributed by atoms with Gasteiger partial charge in [0.1, 0.15) is 0 Å². The summed E-state index contributed by atoms with van der Waals surface area (Å²) in [5.74, 6) is 0.277. The van der Waals surface area contributed by atoms with Crippen molar-refractivity contribution in [1.82, 2.24) is 10.6 Å². The number of likely N-dealkylation sites (N-methyl/N-ethyl adjacent to an activating group) is 1. The lowest BCUT2D eigenvalue weighted by atomic mass is 9.86. The third-order valence-electron chi connectivity index (χ3n) is 2.97. The highest BCUT2D eigenvalue weighted by Crippen LogP contribution is 2.23. The summed E-state index contributed by atoms with van der Waals surface area (Å²) in [6.45, 7) is 3.77. The number of nitrogens with one attached hydrogen (secondary N) is 2. The van der Waals surface area contributed by atoms with Gasteiger partial charge in [0.25, 0.3) is 0 Å². The minimum Gasteiger partial charge on any atom is -0.393 e. The first kappa shape index (κ1) is 12.5. The van der Waals surface area contributed by atoms with Gasteiger partial charge in [0.2, 0.25) is 5.91 Å². The van der Waals surface area contributed by atoms with Crippen LogP contribution >= 0.6 is 0 Å². The van der Waals surface area contributed by atoms with Gasteiger partial charge < -0.3 is 15.7 Å². The lowest BCUT2D eigenvalue weighted by molar-refractivity contribution is -0.120. The molecule has 0 aromatic heterocycles. The Labute approximate surface area is 91.4 Å². The Balaban J connectivity index is 2.14. The molecule has 1 fully saturated rings. The molecule has 0 heterocycles. The van der Waals surface area contributed by atoms with Gasteiger partial charge in [-0.3, -0.25) is 4.79 Å². The van der Waals surface area contributed by atoms with E-state index < -0.39 is 0 Å². The summed E-state index contributed by atoms with van der Waals surface area (Å²) in [6.07, 6.45) is 3.97. The molecule has 0 aromatic rings. The Morgan fingerprint density at radius 2 is 2.13 bits per heavy atom. The molecule has 0 spiro atoms. The molecule has 4 heteroatoms. The quantitative estimate of drug-likeness (QED) is 0.615. The first-order valence-electron chi connectivity index (χ1n) is 5.89. The highest BCUT2D eigenvalue weighted by molar-refractivity contribution is 5.77. The van der Waals surface area contributed by atoms with E-state index in [1.54, 1.807) is 0 Å². The predicted molar refractivity (Wildman–Crippen MR) is 59.5 cm³/mol. The Bertz CT molecular complexity index is 197. The molecule has 2 unspecified atom stereocenters. The largest absolute Gasteiger partial charge is 0.393 e. The molecule has 15 heavy (non-hydrogen) atoms. The molecule has 0 bridgehead atoms. The maximum absolute atomic E-state index is 11.3. The summed E-state index contributed by atoms with van der Waals surface area (Å²) in [5.41, 5.74) is 0. The van der Waals surface area contributed by atoms with Crippen molar-refractivity contribution >= 4 is 5.91 Å². The monoisotopic (exact) mass is 214 g/mol. The summed E-state index contributed by atoms with van der Waals surface area (Å²) in [5, 5.41) is 15.5. The lowest BCUT2D eigenvalue weighted by Crippen LogP contribution is -2.40. The van der Waals surface area contributed by atoms with E-state index in [-0.39, 0.29) is 17.9 Å². The zero-order valence-corrected chi connectivity index (χ0v) is 9.46. The van der Waals surface area contributed by atoms with E-state index >= 15 is 0 Å². The summed E-state index contributed by atoms with van der Waals surface area (Å²) in [7, 11) is 0. The van der Waals surface area contributed by atoms with Crippen molar-refractivity contribution in [2.24, 2.45) is 5.92 Å². The molecule has 0 saturated heterocycles. The van der Waals surface area contributed by atoms with Crippen molar-refractivity contribution in [2.75, 3.05) is 19.6 Å². The van der Waals surface area contributed by atoms with Gasteiger partial charge in [0.05, 0.1) is 12.6 Å². The van der Waals surface area contributed by atoms with Gasteiger partial charge in [-0.2, -0.15) is 0 Å². The topological polar surface area (TPSA) is 61.4 Å². The van der Waals surface area contributed by atoms with Crippen molar-refractivity contribution in [2.45, 2.75) is 38.7 Å². The van der Waals surface area contributed by atoms with Gasteiger partial charge in [-0.25, -0.2) is 0 Å². The molecule has 1 amide bonds. The van der Waals surface area contributed by atoms with Gasteiger partial charge in [-0.1, -0.05) is 19.8 Å². The Morgan fingerprint density at radius 3 is 2.80 bits per heavy atom. The number of hydrogen-bond acceptors (Lipinski definition) is 3. The van der Waals surface area contributed by atoms with Crippen LogP contribution in [0.4, 0.5) is 0 Å². The first-order chi connectivity index (χ1) is 7.24. The Morgan fingerprint density at radius 1 is 1.40 bits per heavy atom. The summed E-state index contributed by atoms with van der Waals surface area (Å²) < 4.78 is 0. The first-order valence-corrected chi connectivity index (χ1v) is 5.89. The van der Waals surface area contributed by atoms with Gasteiger partial charge >= 0.3 is 0 Å². The molecule has 2 atom stereocenters. The van der Waals surface area contributed by atoms with Crippen LogP contribution in [0.5, 0.6) is 0 Å². The second kappa shape index (κ2) is 6.80. The number of aliphatic hydroxyl groups excluding tert-OH is 1. The second-order valence-corrected chi connectivity index (χ2v) is 4.20. The summed E-state index contributed by atoms with van der Waals surface area (Å²) in [4.78, 5) is 11.3. The van der Waals surface area contributed by atoms with Crippen LogP contribution in [0.25, 0.3) is 0 Å². The SMILES string of the molecule is CCNCC(=O)NCC1CCCCC1O. The number of amides is 1. The lowest BCUT2D eigenvalue weighted by Gasteiger charge is -2.27. The number of carbonyl (C=O) groups is 1.